The molecule has 1 rings (SSSR count). The number of thiol groups is 1. The van der Waals surface area contributed by atoms with Crippen molar-refractivity contribution in [3.05, 3.63) is 28.6 Å². The number of halogens is 1. The fourth-order valence-corrected chi connectivity index (χ4v) is 1.51. The molecule has 0 spiro atoms. The molecule has 0 aliphatic heterocycles. The molecule has 0 saturated carbocycles. The van der Waals surface area contributed by atoms with Gasteiger partial charge in [-0.15, -0.1) is 0 Å². The lowest BCUT2D eigenvalue weighted by atomic mass is 10.1. The lowest BCUT2D eigenvalue weighted by Gasteiger charge is -2.07. The second-order valence-electron chi connectivity index (χ2n) is 2.58. The molecule has 0 aliphatic carbocycles. The Kier molecular flexibility index (Phi) is 3.63. The number of aromatic hydroxyl groups is 1. The van der Waals surface area contributed by atoms with Gasteiger partial charge in [0, 0.05) is 28.6 Å². The molecule has 0 radical (unpaired) electrons. The third kappa shape index (κ3) is 2.17. The van der Waals surface area contributed by atoms with E-state index < -0.39 is 0 Å². The summed E-state index contributed by atoms with van der Waals surface area (Å²) in [4.78, 5) is 4.01. The number of hydrogen-bond acceptors (Lipinski definition) is 3. The first-order valence-electron chi connectivity index (χ1n) is 3.75. The lowest BCUT2D eigenvalue weighted by molar-refractivity contribution is 0.462. The van der Waals surface area contributed by atoms with Crippen molar-refractivity contribution in [3.8, 4) is 5.75 Å². The van der Waals surface area contributed by atoms with Crippen molar-refractivity contribution in [2.24, 2.45) is 0 Å². The van der Waals surface area contributed by atoms with E-state index >= 15 is 0 Å². The molecule has 0 unspecified atom stereocenters. The number of nitrogens with zero attached hydrogens (tertiary/aromatic N) is 1. The minimum Gasteiger partial charge on any atom is -0.506 e. The van der Waals surface area contributed by atoms with Crippen LogP contribution in [0.4, 0.5) is 0 Å². The van der Waals surface area contributed by atoms with Crippen molar-refractivity contribution < 1.29 is 5.11 Å². The van der Waals surface area contributed by atoms with Gasteiger partial charge in [0.15, 0.2) is 0 Å². The first-order valence-corrected chi connectivity index (χ1v) is 4.82. The topological polar surface area (TPSA) is 33.1 Å². The average molecular weight is 216 g/mol. The lowest BCUT2D eigenvalue weighted by Crippen LogP contribution is -1.91. The molecular formula is C9H10ClNOS. The van der Waals surface area contributed by atoms with E-state index in [4.69, 9.17) is 11.6 Å². The van der Waals surface area contributed by atoms with Gasteiger partial charge in [0.1, 0.15) is 5.75 Å². The maximum absolute atomic E-state index is 9.62. The van der Waals surface area contributed by atoms with E-state index in [1.54, 1.807) is 19.2 Å². The van der Waals surface area contributed by atoms with Crippen molar-refractivity contribution in [1.82, 2.24) is 4.98 Å². The number of aryl methyl sites for hydroxylation is 1. The Bertz CT molecular complexity index is 339. The van der Waals surface area contributed by atoms with Crippen molar-refractivity contribution in [3.63, 3.8) is 0 Å². The van der Waals surface area contributed by atoms with Crippen LogP contribution in [-0.2, 0) is 5.75 Å². The maximum atomic E-state index is 9.62. The quantitative estimate of drug-likeness (QED) is 0.744. The van der Waals surface area contributed by atoms with Crippen LogP contribution in [0.15, 0.2) is 11.7 Å². The average Bonchev–Trinajstić information content (AvgIpc) is 2.12. The summed E-state index contributed by atoms with van der Waals surface area (Å²) in [6, 6.07) is 0. The largest absolute Gasteiger partial charge is 0.506 e. The minimum absolute atomic E-state index is 0.197. The van der Waals surface area contributed by atoms with Gasteiger partial charge in [0.25, 0.3) is 0 Å². The van der Waals surface area contributed by atoms with Crippen LogP contribution in [0, 0.1) is 6.92 Å². The smallest absolute Gasteiger partial charge is 0.141 e. The molecule has 0 aromatic carbocycles. The second kappa shape index (κ2) is 4.53. The van der Waals surface area contributed by atoms with E-state index in [2.05, 4.69) is 17.6 Å². The fraction of sp³-hybridized carbons (Fsp3) is 0.222. The Balaban J connectivity index is 3.29. The molecule has 70 valence electrons. The zero-order chi connectivity index (χ0) is 9.84. The van der Waals surface area contributed by atoms with E-state index in [1.807, 2.05) is 0 Å². The summed E-state index contributed by atoms with van der Waals surface area (Å²) < 4.78 is 0. The fourth-order valence-electron chi connectivity index (χ4n) is 1.04. The van der Waals surface area contributed by atoms with Crippen molar-refractivity contribution in [2.45, 2.75) is 12.7 Å². The standard InChI is InChI=1S/C9H10ClNOS/c1-6-9(12)8(5-13)7(2-3-10)4-11-6/h2-4,12-13H,5H2,1H3. The summed E-state index contributed by atoms with van der Waals surface area (Å²) in [5.74, 6) is 0.661. The van der Waals surface area contributed by atoms with Crippen LogP contribution in [0.1, 0.15) is 16.8 Å². The van der Waals surface area contributed by atoms with Gasteiger partial charge >= 0.3 is 0 Å². The molecule has 1 heterocycles. The van der Waals surface area contributed by atoms with E-state index in [-0.39, 0.29) is 5.75 Å². The number of aromatic nitrogens is 1. The van der Waals surface area contributed by atoms with Crippen LogP contribution in [0.25, 0.3) is 6.08 Å². The Morgan fingerprint density at radius 2 is 2.38 bits per heavy atom. The molecule has 1 N–H and O–H groups in total. The van der Waals surface area contributed by atoms with Crippen LogP contribution in [0.5, 0.6) is 5.75 Å². The van der Waals surface area contributed by atoms with Gasteiger partial charge in [-0.25, -0.2) is 0 Å². The van der Waals surface area contributed by atoms with E-state index in [9.17, 15) is 5.11 Å². The molecule has 0 fully saturated rings. The Hall–Kier alpha value is -0.670. The molecule has 13 heavy (non-hydrogen) atoms. The van der Waals surface area contributed by atoms with Crippen LogP contribution >= 0.6 is 24.2 Å². The maximum Gasteiger partial charge on any atom is 0.141 e. The summed E-state index contributed by atoms with van der Waals surface area (Å²) in [6.45, 7) is 1.75. The number of rotatable bonds is 2. The SMILES string of the molecule is Cc1ncc(C=CCl)c(CS)c1O. The van der Waals surface area contributed by atoms with Gasteiger partial charge in [-0.2, -0.15) is 12.6 Å². The Morgan fingerprint density at radius 1 is 1.69 bits per heavy atom. The summed E-state index contributed by atoms with van der Waals surface area (Å²) in [5, 5.41) is 9.62. The molecule has 0 atom stereocenters. The van der Waals surface area contributed by atoms with Crippen LogP contribution in [0.3, 0.4) is 0 Å². The molecule has 0 saturated heterocycles. The molecule has 4 heteroatoms. The van der Waals surface area contributed by atoms with Crippen LogP contribution in [0.2, 0.25) is 0 Å². The summed E-state index contributed by atoms with van der Waals surface area (Å²) in [7, 11) is 0. The Morgan fingerprint density at radius 3 is 2.92 bits per heavy atom. The number of pyridine rings is 1. The van der Waals surface area contributed by atoms with E-state index in [0.717, 1.165) is 11.1 Å². The van der Waals surface area contributed by atoms with Crippen molar-refractivity contribution in [1.29, 1.82) is 0 Å². The monoisotopic (exact) mass is 215 g/mol. The third-order valence-corrected chi connectivity index (χ3v) is 2.22. The first kappa shape index (κ1) is 10.4. The molecule has 1 aromatic heterocycles. The summed E-state index contributed by atoms with van der Waals surface area (Å²) >= 11 is 9.57. The molecule has 0 aliphatic rings. The molecule has 1 aromatic rings. The zero-order valence-corrected chi connectivity index (χ0v) is 8.81. The highest BCUT2D eigenvalue weighted by atomic mass is 35.5. The zero-order valence-electron chi connectivity index (χ0n) is 7.16. The van der Waals surface area contributed by atoms with Gasteiger partial charge in [-0.1, -0.05) is 11.6 Å². The van der Waals surface area contributed by atoms with Gasteiger partial charge < -0.3 is 5.11 Å². The molecule has 2 nitrogen and oxygen atoms in total. The normalized spacial score (nSPS) is 11.0. The predicted molar refractivity (Wildman–Crippen MR) is 58.2 cm³/mol. The van der Waals surface area contributed by atoms with Gasteiger partial charge in [-0.3, -0.25) is 4.98 Å². The highest BCUT2D eigenvalue weighted by Crippen LogP contribution is 2.26. The molecule has 0 bridgehead atoms. The van der Waals surface area contributed by atoms with Crippen LogP contribution in [-0.4, -0.2) is 10.1 Å². The second-order valence-corrected chi connectivity index (χ2v) is 3.15. The predicted octanol–water partition coefficient (Wildman–Crippen LogP) is 2.73. The first-order chi connectivity index (χ1) is 6.20. The summed E-state index contributed by atoms with van der Waals surface area (Å²) in [6.07, 6.45) is 3.35. The van der Waals surface area contributed by atoms with Crippen molar-refractivity contribution in [2.75, 3.05) is 0 Å². The third-order valence-electron chi connectivity index (χ3n) is 1.77. The molecular weight excluding hydrogens is 206 g/mol. The number of hydrogen-bond donors (Lipinski definition) is 2. The summed E-state index contributed by atoms with van der Waals surface area (Å²) in [5.41, 5.74) is 3.55. The van der Waals surface area contributed by atoms with Gasteiger partial charge in [0.05, 0.1) is 5.69 Å². The van der Waals surface area contributed by atoms with Gasteiger partial charge in [-0.05, 0) is 13.0 Å². The Labute approximate surface area is 87.7 Å². The van der Waals surface area contributed by atoms with Gasteiger partial charge in [0.2, 0.25) is 0 Å². The highest BCUT2D eigenvalue weighted by Gasteiger charge is 2.07. The van der Waals surface area contributed by atoms with Crippen LogP contribution < -0.4 is 0 Å². The van der Waals surface area contributed by atoms with Crippen molar-refractivity contribution >= 4 is 30.3 Å². The van der Waals surface area contributed by atoms with E-state index in [1.165, 1.54) is 5.54 Å². The van der Waals surface area contributed by atoms with E-state index in [0.29, 0.717) is 11.4 Å². The minimum atomic E-state index is 0.197. The molecule has 0 amide bonds. The highest BCUT2D eigenvalue weighted by molar-refractivity contribution is 7.79.